The summed E-state index contributed by atoms with van der Waals surface area (Å²) in [5.41, 5.74) is -2.05. The Balaban J connectivity index is 1.65. The quantitative estimate of drug-likeness (QED) is 0.359. The van der Waals surface area contributed by atoms with Crippen molar-refractivity contribution >= 4 is 5.91 Å². The van der Waals surface area contributed by atoms with E-state index in [-0.39, 0.29) is 19.0 Å². The Morgan fingerprint density at radius 1 is 0.784 bits per heavy atom. The van der Waals surface area contributed by atoms with Gasteiger partial charge in [0, 0.05) is 37.8 Å². The predicted molar refractivity (Wildman–Crippen MR) is 123 cm³/mol. The summed E-state index contributed by atoms with van der Waals surface area (Å²) < 4.78 is 93.6. The minimum absolute atomic E-state index is 0.00454. The molecule has 10 heteroatoms. The number of benzene rings is 3. The summed E-state index contributed by atoms with van der Waals surface area (Å²) in [6, 6.07) is 15.5. The number of alkyl halides is 6. The highest BCUT2D eigenvalue weighted by atomic mass is 19.4. The molecule has 1 aliphatic rings. The molecule has 3 nitrogen and oxygen atoms in total. The zero-order chi connectivity index (χ0) is 26.8. The van der Waals surface area contributed by atoms with Crippen molar-refractivity contribution in [3.8, 4) is 0 Å². The van der Waals surface area contributed by atoms with Crippen molar-refractivity contribution in [1.82, 2.24) is 9.80 Å². The molecule has 0 saturated carbocycles. The van der Waals surface area contributed by atoms with Gasteiger partial charge in [-0.25, -0.2) is 4.39 Å². The Morgan fingerprint density at radius 2 is 1.38 bits per heavy atom. The first-order chi connectivity index (χ1) is 17.4. The van der Waals surface area contributed by atoms with Gasteiger partial charge in [-0.05, 0) is 47.9 Å². The molecular weight excluding hydrogens is 501 g/mol. The van der Waals surface area contributed by atoms with Crippen LogP contribution in [0.15, 0.2) is 72.8 Å². The van der Waals surface area contributed by atoms with E-state index in [1.54, 1.807) is 12.1 Å². The standard InChI is InChI=1S/C27H23F7N2O/c28-23-8-6-18(7-9-23)12-24-17-35(16-19-4-2-1-3-5-19)10-11-36(24)25(37)20-13-21(26(29,30)31)15-22(14-20)27(32,33)34/h1-9,13-15,24H,10-12,16-17H2/t24-/m1/s1. The molecule has 1 fully saturated rings. The van der Waals surface area contributed by atoms with E-state index in [0.29, 0.717) is 37.3 Å². The van der Waals surface area contributed by atoms with Crippen LogP contribution in [-0.2, 0) is 25.3 Å². The van der Waals surface area contributed by atoms with Gasteiger partial charge in [0.15, 0.2) is 0 Å². The van der Waals surface area contributed by atoms with Crippen molar-refractivity contribution in [2.24, 2.45) is 0 Å². The number of hydrogen-bond acceptors (Lipinski definition) is 2. The lowest BCUT2D eigenvalue weighted by Gasteiger charge is -2.42. The zero-order valence-electron chi connectivity index (χ0n) is 19.5. The minimum Gasteiger partial charge on any atom is -0.333 e. The highest BCUT2D eigenvalue weighted by Gasteiger charge is 2.39. The third-order valence-electron chi connectivity index (χ3n) is 6.30. The van der Waals surface area contributed by atoms with Crippen LogP contribution in [0.4, 0.5) is 30.7 Å². The zero-order valence-corrected chi connectivity index (χ0v) is 19.5. The van der Waals surface area contributed by atoms with Crippen LogP contribution in [-0.4, -0.2) is 41.4 Å². The van der Waals surface area contributed by atoms with E-state index in [4.69, 9.17) is 0 Å². The summed E-state index contributed by atoms with van der Waals surface area (Å²) >= 11 is 0. The number of nitrogens with zero attached hydrogens (tertiary/aromatic N) is 2. The predicted octanol–water partition coefficient (Wildman–Crippen LogP) is 6.43. The van der Waals surface area contributed by atoms with Gasteiger partial charge in [0.25, 0.3) is 5.91 Å². The van der Waals surface area contributed by atoms with Crippen LogP contribution >= 0.6 is 0 Å². The van der Waals surface area contributed by atoms with Gasteiger partial charge in [0.1, 0.15) is 5.82 Å². The topological polar surface area (TPSA) is 23.6 Å². The maximum Gasteiger partial charge on any atom is 0.416 e. The smallest absolute Gasteiger partial charge is 0.333 e. The second kappa shape index (κ2) is 10.5. The van der Waals surface area contributed by atoms with Gasteiger partial charge in [-0.15, -0.1) is 0 Å². The molecule has 1 aliphatic heterocycles. The van der Waals surface area contributed by atoms with Gasteiger partial charge in [-0.1, -0.05) is 42.5 Å². The van der Waals surface area contributed by atoms with Crippen molar-refractivity contribution in [2.45, 2.75) is 31.4 Å². The molecule has 0 radical (unpaired) electrons. The molecule has 0 unspecified atom stereocenters. The second-order valence-electron chi connectivity index (χ2n) is 9.00. The van der Waals surface area contributed by atoms with Gasteiger partial charge in [0.2, 0.25) is 0 Å². The lowest BCUT2D eigenvalue weighted by molar-refractivity contribution is -0.143. The van der Waals surface area contributed by atoms with Crippen LogP contribution in [0.3, 0.4) is 0 Å². The molecule has 0 bridgehead atoms. The summed E-state index contributed by atoms with van der Waals surface area (Å²) in [5.74, 6) is -1.36. The summed E-state index contributed by atoms with van der Waals surface area (Å²) in [4.78, 5) is 16.8. The Labute approximate surface area is 209 Å². The van der Waals surface area contributed by atoms with Crippen molar-refractivity contribution < 1.29 is 35.5 Å². The molecule has 196 valence electrons. The monoisotopic (exact) mass is 524 g/mol. The average molecular weight is 524 g/mol. The fourth-order valence-electron chi connectivity index (χ4n) is 4.48. The molecule has 37 heavy (non-hydrogen) atoms. The van der Waals surface area contributed by atoms with E-state index in [2.05, 4.69) is 4.90 Å². The first-order valence-electron chi connectivity index (χ1n) is 11.5. The fraction of sp³-hybridized carbons (Fsp3) is 0.296. The van der Waals surface area contributed by atoms with Gasteiger partial charge >= 0.3 is 12.4 Å². The average Bonchev–Trinajstić information content (AvgIpc) is 2.84. The Hall–Kier alpha value is -3.40. The molecule has 1 saturated heterocycles. The van der Waals surface area contributed by atoms with E-state index < -0.39 is 46.8 Å². The van der Waals surface area contributed by atoms with Crippen molar-refractivity contribution in [3.63, 3.8) is 0 Å². The number of piperazine rings is 1. The number of halogens is 7. The van der Waals surface area contributed by atoms with Crippen LogP contribution in [0.5, 0.6) is 0 Å². The maximum absolute atomic E-state index is 13.4. The molecular formula is C27H23F7N2O. The van der Waals surface area contributed by atoms with Gasteiger partial charge < -0.3 is 4.90 Å². The molecule has 1 atom stereocenters. The number of carbonyl (C=O) groups excluding carboxylic acids is 1. The highest BCUT2D eigenvalue weighted by Crippen LogP contribution is 2.37. The van der Waals surface area contributed by atoms with E-state index in [0.717, 1.165) is 5.56 Å². The summed E-state index contributed by atoms with van der Waals surface area (Å²) in [6.07, 6.45) is -9.86. The fourth-order valence-corrected chi connectivity index (χ4v) is 4.48. The van der Waals surface area contributed by atoms with Crippen LogP contribution in [0.2, 0.25) is 0 Å². The SMILES string of the molecule is O=C(c1cc(C(F)(F)F)cc(C(F)(F)F)c1)N1CCN(Cc2ccccc2)C[C@H]1Cc1ccc(F)cc1. The molecule has 1 heterocycles. The Bertz CT molecular complexity index is 1190. The molecule has 0 spiro atoms. The number of hydrogen-bond donors (Lipinski definition) is 0. The summed E-state index contributed by atoms with van der Waals surface area (Å²) in [7, 11) is 0. The Morgan fingerprint density at radius 3 is 1.95 bits per heavy atom. The maximum atomic E-state index is 13.4. The molecule has 0 N–H and O–H groups in total. The number of amides is 1. The van der Waals surface area contributed by atoms with E-state index in [1.807, 2.05) is 30.3 Å². The minimum atomic E-state index is -5.06. The normalized spacial score (nSPS) is 17.2. The first-order valence-corrected chi connectivity index (χ1v) is 11.5. The third-order valence-corrected chi connectivity index (χ3v) is 6.30. The van der Waals surface area contributed by atoms with Crippen molar-refractivity contribution in [2.75, 3.05) is 19.6 Å². The molecule has 4 rings (SSSR count). The molecule has 0 aliphatic carbocycles. The largest absolute Gasteiger partial charge is 0.416 e. The number of carbonyl (C=O) groups is 1. The lowest BCUT2D eigenvalue weighted by atomic mass is 9.98. The summed E-state index contributed by atoms with van der Waals surface area (Å²) in [6.45, 7) is 1.38. The second-order valence-corrected chi connectivity index (χ2v) is 9.00. The molecule has 3 aromatic carbocycles. The van der Waals surface area contributed by atoms with E-state index >= 15 is 0 Å². The van der Waals surface area contributed by atoms with Crippen LogP contribution < -0.4 is 0 Å². The Kier molecular flexibility index (Phi) is 7.59. The summed E-state index contributed by atoms with van der Waals surface area (Å²) in [5, 5.41) is 0. The van der Waals surface area contributed by atoms with Crippen molar-refractivity contribution in [1.29, 1.82) is 0 Å². The highest BCUT2D eigenvalue weighted by molar-refractivity contribution is 5.95. The van der Waals surface area contributed by atoms with Gasteiger partial charge in [-0.3, -0.25) is 9.69 Å². The molecule has 1 amide bonds. The van der Waals surface area contributed by atoms with Crippen LogP contribution in [0.1, 0.15) is 32.6 Å². The number of rotatable bonds is 5. The van der Waals surface area contributed by atoms with Gasteiger partial charge in [0.05, 0.1) is 11.1 Å². The van der Waals surface area contributed by atoms with Gasteiger partial charge in [-0.2, -0.15) is 26.3 Å². The lowest BCUT2D eigenvalue weighted by Crippen LogP contribution is -2.55. The van der Waals surface area contributed by atoms with Crippen LogP contribution in [0.25, 0.3) is 0 Å². The first kappa shape index (κ1) is 26.7. The third kappa shape index (κ3) is 6.68. The molecule has 3 aromatic rings. The van der Waals surface area contributed by atoms with Crippen LogP contribution in [0, 0.1) is 5.82 Å². The van der Waals surface area contributed by atoms with E-state index in [1.165, 1.54) is 17.0 Å². The van der Waals surface area contributed by atoms with Crippen molar-refractivity contribution in [3.05, 3.63) is 106 Å². The molecule has 0 aromatic heterocycles. The van der Waals surface area contributed by atoms with E-state index in [9.17, 15) is 35.5 Å².